The van der Waals surface area contributed by atoms with Crippen LogP contribution in [0.2, 0.25) is 0 Å². The van der Waals surface area contributed by atoms with Gasteiger partial charge in [0.25, 0.3) is 0 Å². The first-order valence-corrected chi connectivity index (χ1v) is 6.40. The van der Waals surface area contributed by atoms with Crippen LogP contribution in [0.4, 0.5) is 0 Å². The number of rotatable bonds is 7. The molecule has 0 atom stereocenters. The number of aliphatic hydroxyl groups excluding tert-OH is 1. The fourth-order valence-electron chi connectivity index (χ4n) is 1.28. The zero-order chi connectivity index (χ0) is 12.8. The van der Waals surface area contributed by atoms with E-state index in [4.69, 9.17) is 10.2 Å². The first-order chi connectivity index (χ1) is 8.04. The third-order valence-corrected chi connectivity index (χ3v) is 3.14. The number of nitrogens with zero attached hydrogens (tertiary/aromatic N) is 3. The molecule has 0 fully saturated rings. The van der Waals surface area contributed by atoms with Crippen LogP contribution in [0.25, 0.3) is 0 Å². The number of carboxylic acid groups (broad SMARTS) is 1. The van der Waals surface area contributed by atoms with Crippen LogP contribution in [0.3, 0.4) is 0 Å². The topological polar surface area (TPSA) is 88.2 Å². The Morgan fingerprint density at radius 1 is 1.47 bits per heavy atom. The summed E-state index contributed by atoms with van der Waals surface area (Å²) in [4.78, 5) is 10.5. The van der Waals surface area contributed by atoms with Gasteiger partial charge in [-0.3, -0.25) is 4.79 Å². The molecule has 96 valence electrons. The van der Waals surface area contributed by atoms with Gasteiger partial charge in [-0.15, -0.1) is 10.2 Å². The van der Waals surface area contributed by atoms with Crippen LogP contribution in [-0.2, 0) is 17.9 Å². The highest BCUT2D eigenvalue weighted by atomic mass is 32.2. The summed E-state index contributed by atoms with van der Waals surface area (Å²) in [5.74, 6) is 0.0735. The lowest BCUT2D eigenvalue weighted by molar-refractivity contribution is -0.133. The zero-order valence-electron chi connectivity index (χ0n) is 9.96. The standard InChI is InChI=1S/C10H17N3O3S/c1-7(2)3-4-13-8(5-14)11-12-10(13)17-6-9(15)16/h7,14H,3-6H2,1-2H3,(H,15,16). The number of hydrogen-bond acceptors (Lipinski definition) is 5. The maximum absolute atomic E-state index is 10.5. The molecular weight excluding hydrogens is 242 g/mol. The molecule has 0 saturated carbocycles. The molecule has 1 rings (SSSR count). The van der Waals surface area contributed by atoms with E-state index < -0.39 is 5.97 Å². The molecular formula is C10H17N3O3S. The van der Waals surface area contributed by atoms with Gasteiger partial charge in [0.05, 0.1) is 5.75 Å². The summed E-state index contributed by atoms with van der Waals surface area (Å²) in [5.41, 5.74) is 0. The summed E-state index contributed by atoms with van der Waals surface area (Å²) in [6.07, 6.45) is 0.936. The van der Waals surface area contributed by atoms with Crippen molar-refractivity contribution in [3.8, 4) is 0 Å². The monoisotopic (exact) mass is 259 g/mol. The number of aliphatic carboxylic acids is 1. The van der Waals surface area contributed by atoms with Gasteiger partial charge in [0, 0.05) is 6.54 Å². The SMILES string of the molecule is CC(C)CCn1c(CO)nnc1SCC(=O)O. The number of carbonyl (C=O) groups is 1. The summed E-state index contributed by atoms with van der Waals surface area (Å²) in [7, 11) is 0. The van der Waals surface area contributed by atoms with E-state index in [1.54, 1.807) is 4.57 Å². The van der Waals surface area contributed by atoms with Crippen LogP contribution >= 0.6 is 11.8 Å². The Balaban J connectivity index is 2.74. The average molecular weight is 259 g/mol. The van der Waals surface area contributed by atoms with Crippen LogP contribution < -0.4 is 0 Å². The minimum atomic E-state index is -0.890. The average Bonchev–Trinajstić information content (AvgIpc) is 2.65. The molecule has 2 N–H and O–H groups in total. The molecule has 0 aromatic carbocycles. The Hall–Kier alpha value is -1.08. The van der Waals surface area contributed by atoms with Crippen molar-refractivity contribution < 1.29 is 15.0 Å². The maximum Gasteiger partial charge on any atom is 0.313 e. The number of thioether (sulfide) groups is 1. The molecule has 0 aliphatic carbocycles. The lowest BCUT2D eigenvalue weighted by Crippen LogP contribution is -2.08. The van der Waals surface area contributed by atoms with Crippen LogP contribution in [0.1, 0.15) is 26.1 Å². The van der Waals surface area contributed by atoms with E-state index in [9.17, 15) is 4.79 Å². The fourth-order valence-corrected chi connectivity index (χ4v) is 1.98. The highest BCUT2D eigenvalue weighted by Gasteiger charge is 2.13. The minimum absolute atomic E-state index is 0.0504. The molecule has 17 heavy (non-hydrogen) atoms. The molecule has 0 aliphatic heterocycles. The minimum Gasteiger partial charge on any atom is -0.481 e. The molecule has 0 bridgehead atoms. The molecule has 0 aliphatic rings. The predicted octanol–water partition coefficient (Wildman–Crippen LogP) is 0.993. The van der Waals surface area contributed by atoms with Gasteiger partial charge < -0.3 is 14.8 Å². The second kappa shape index (κ2) is 6.61. The summed E-state index contributed by atoms with van der Waals surface area (Å²) in [5, 5.41) is 26.0. The largest absolute Gasteiger partial charge is 0.481 e. The number of aliphatic hydroxyl groups is 1. The molecule has 1 heterocycles. The van der Waals surface area contributed by atoms with Gasteiger partial charge in [0.15, 0.2) is 11.0 Å². The predicted molar refractivity (Wildman–Crippen MR) is 63.8 cm³/mol. The van der Waals surface area contributed by atoms with Crippen LogP contribution in [0.15, 0.2) is 5.16 Å². The van der Waals surface area contributed by atoms with E-state index in [-0.39, 0.29) is 12.4 Å². The second-order valence-electron chi connectivity index (χ2n) is 4.07. The Bertz CT molecular complexity index is 379. The Morgan fingerprint density at radius 3 is 2.71 bits per heavy atom. The van der Waals surface area contributed by atoms with Crippen molar-refractivity contribution in [2.75, 3.05) is 5.75 Å². The van der Waals surface area contributed by atoms with E-state index in [1.165, 1.54) is 0 Å². The summed E-state index contributed by atoms with van der Waals surface area (Å²) in [6, 6.07) is 0. The maximum atomic E-state index is 10.5. The molecule has 1 aromatic heterocycles. The molecule has 0 unspecified atom stereocenters. The van der Waals surface area contributed by atoms with Crippen molar-refractivity contribution in [2.24, 2.45) is 5.92 Å². The number of carboxylic acids is 1. The first kappa shape index (κ1) is 14.0. The van der Waals surface area contributed by atoms with Crippen molar-refractivity contribution in [3.63, 3.8) is 0 Å². The Labute approximate surface area is 104 Å². The van der Waals surface area contributed by atoms with Gasteiger partial charge in [0.1, 0.15) is 6.61 Å². The number of aromatic nitrogens is 3. The van der Waals surface area contributed by atoms with Gasteiger partial charge >= 0.3 is 5.97 Å². The summed E-state index contributed by atoms with van der Waals surface area (Å²) >= 11 is 1.12. The third-order valence-electron chi connectivity index (χ3n) is 2.19. The molecule has 0 radical (unpaired) electrons. The molecule has 0 saturated heterocycles. The molecule has 0 amide bonds. The highest BCUT2D eigenvalue weighted by molar-refractivity contribution is 7.99. The zero-order valence-corrected chi connectivity index (χ0v) is 10.8. The van der Waals surface area contributed by atoms with E-state index in [2.05, 4.69) is 24.0 Å². The van der Waals surface area contributed by atoms with Crippen LogP contribution in [0.5, 0.6) is 0 Å². The Kier molecular flexibility index (Phi) is 5.43. The first-order valence-electron chi connectivity index (χ1n) is 5.42. The highest BCUT2D eigenvalue weighted by Crippen LogP contribution is 2.18. The lowest BCUT2D eigenvalue weighted by Gasteiger charge is -2.10. The molecule has 7 heteroatoms. The molecule has 6 nitrogen and oxygen atoms in total. The van der Waals surface area contributed by atoms with Crippen molar-refractivity contribution in [1.82, 2.24) is 14.8 Å². The van der Waals surface area contributed by atoms with E-state index in [0.29, 0.717) is 23.4 Å². The normalized spacial score (nSPS) is 11.1. The van der Waals surface area contributed by atoms with Gasteiger partial charge in [0.2, 0.25) is 0 Å². The van der Waals surface area contributed by atoms with Crippen LogP contribution in [-0.4, -0.2) is 36.7 Å². The Morgan fingerprint density at radius 2 is 2.18 bits per heavy atom. The van der Waals surface area contributed by atoms with Gasteiger partial charge in [-0.25, -0.2) is 0 Å². The van der Waals surface area contributed by atoms with Crippen molar-refractivity contribution in [3.05, 3.63) is 5.82 Å². The third kappa shape index (κ3) is 4.35. The van der Waals surface area contributed by atoms with Crippen molar-refractivity contribution in [2.45, 2.75) is 38.6 Å². The van der Waals surface area contributed by atoms with E-state index in [0.717, 1.165) is 18.2 Å². The van der Waals surface area contributed by atoms with Gasteiger partial charge in [-0.2, -0.15) is 0 Å². The fraction of sp³-hybridized carbons (Fsp3) is 0.700. The smallest absolute Gasteiger partial charge is 0.313 e. The molecule has 0 spiro atoms. The van der Waals surface area contributed by atoms with Crippen molar-refractivity contribution >= 4 is 17.7 Å². The second-order valence-corrected chi connectivity index (χ2v) is 5.02. The quantitative estimate of drug-likeness (QED) is 0.710. The summed E-state index contributed by atoms with van der Waals surface area (Å²) in [6.45, 7) is 4.72. The lowest BCUT2D eigenvalue weighted by atomic mass is 10.1. The van der Waals surface area contributed by atoms with Gasteiger partial charge in [-0.1, -0.05) is 25.6 Å². The number of hydrogen-bond donors (Lipinski definition) is 2. The summed E-state index contributed by atoms with van der Waals surface area (Å²) < 4.78 is 1.79. The van der Waals surface area contributed by atoms with Crippen LogP contribution in [0, 0.1) is 5.92 Å². The van der Waals surface area contributed by atoms with Gasteiger partial charge in [-0.05, 0) is 12.3 Å². The molecule has 1 aromatic rings. The van der Waals surface area contributed by atoms with E-state index >= 15 is 0 Å². The van der Waals surface area contributed by atoms with E-state index in [1.807, 2.05) is 0 Å². The van der Waals surface area contributed by atoms with Crippen molar-refractivity contribution in [1.29, 1.82) is 0 Å².